The molecule has 3 heterocycles. The van der Waals surface area contributed by atoms with Crippen LogP contribution in [0, 0.1) is 5.92 Å². The highest BCUT2D eigenvalue weighted by Gasteiger charge is 2.47. The molecule has 37 heavy (non-hydrogen) atoms. The number of alkyl halides is 4. The van der Waals surface area contributed by atoms with Gasteiger partial charge in [-0.05, 0) is 31.2 Å². The van der Waals surface area contributed by atoms with Gasteiger partial charge in [0.25, 0.3) is 22.1 Å². The highest BCUT2D eigenvalue weighted by atomic mass is 32.2. The fourth-order valence-corrected chi connectivity index (χ4v) is 6.91. The lowest BCUT2D eigenvalue weighted by molar-refractivity contribution is -0.142. The van der Waals surface area contributed by atoms with E-state index in [0.717, 1.165) is 15.5 Å². The van der Waals surface area contributed by atoms with Crippen LogP contribution in [0.5, 0.6) is 0 Å². The van der Waals surface area contributed by atoms with Crippen LogP contribution in [-0.2, 0) is 32.3 Å². The highest BCUT2D eigenvalue weighted by Crippen LogP contribution is 2.32. The average Bonchev–Trinajstić information content (AvgIpc) is 3.48. The Morgan fingerprint density at radius 2 is 1.73 bits per heavy atom. The van der Waals surface area contributed by atoms with Crippen LogP contribution in [0.15, 0.2) is 24.3 Å². The van der Waals surface area contributed by atoms with E-state index in [1.807, 2.05) is 0 Å². The second kappa shape index (κ2) is 10.5. The first-order valence-corrected chi connectivity index (χ1v) is 13.9. The van der Waals surface area contributed by atoms with Crippen molar-refractivity contribution in [2.45, 2.75) is 63.5 Å². The van der Waals surface area contributed by atoms with Crippen molar-refractivity contribution in [2.75, 3.05) is 32.7 Å². The van der Waals surface area contributed by atoms with E-state index < -0.39 is 47.0 Å². The summed E-state index contributed by atoms with van der Waals surface area (Å²) in [6, 6.07) is 4.92. The predicted molar refractivity (Wildman–Crippen MR) is 127 cm³/mol. The maximum absolute atomic E-state index is 13.6. The number of halogens is 4. The third kappa shape index (κ3) is 6.26. The van der Waals surface area contributed by atoms with Gasteiger partial charge in [0.2, 0.25) is 11.8 Å². The summed E-state index contributed by atoms with van der Waals surface area (Å²) in [6.07, 6.45) is 1.40. The Morgan fingerprint density at radius 3 is 2.35 bits per heavy atom. The van der Waals surface area contributed by atoms with E-state index in [9.17, 15) is 35.6 Å². The lowest BCUT2D eigenvalue weighted by Gasteiger charge is -2.36. The zero-order valence-electron chi connectivity index (χ0n) is 20.6. The van der Waals surface area contributed by atoms with Gasteiger partial charge in [0.15, 0.2) is 0 Å². The van der Waals surface area contributed by atoms with Gasteiger partial charge in [0, 0.05) is 51.6 Å². The second-order valence-electron chi connectivity index (χ2n) is 10.1. The zero-order chi connectivity index (χ0) is 27.0. The van der Waals surface area contributed by atoms with Crippen LogP contribution in [-0.4, -0.2) is 78.4 Å². The molecule has 0 radical (unpaired) electrons. The van der Waals surface area contributed by atoms with Gasteiger partial charge in [-0.25, -0.2) is 17.6 Å². The fraction of sp³-hybridized carbons (Fsp3) is 0.667. The molecule has 3 aliphatic heterocycles. The van der Waals surface area contributed by atoms with Crippen molar-refractivity contribution in [3.63, 3.8) is 0 Å². The topological polar surface area (TPSA) is 90.0 Å². The molecule has 4 rings (SSSR count). The molecule has 0 aliphatic carbocycles. The molecule has 13 heteroatoms. The number of benzene rings is 1. The molecule has 0 bridgehead atoms. The molecule has 3 saturated heterocycles. The van der Waals surface area contributed by atoms with Crippen LogP contribution < -0.4 is 5.32 Å². The molecular formula is C24H32F4N4O4S. The van der Waals surface area contributed by atoms with E-state index in [1.54, 1.807) is 0 Å². The van der Waals surface area contributed by atoms with Crippen LogP contribution in [0.2, 0.25) is 0 Å². The van der Waals surface area contributed by atoms with E-state index in [0.29, 0.717) is 37.8 Å². The molecule has 0 unspecified atom stereocenters. The van der Waals surface area contributed by atoms with Crippen LogP contribution in [0.4, 0.5) is 17.6 Å². The van der Waals surface area contributed by atoms with Crippen LogP contribution in [0.25, 0.3) is 0 Å². The van der Waals surface area contributed by atoms with Gasteiger partial charge in [-0.3, -0.25) is 9.59 Å². The van der Waals surface area contributed by atoms with E-state index in [2.05, 4.69) is 5.32 Å². The molecule has 8 nitrogen and oxygen atoms in total. The molecule has 1 N–H and O–H groups in total. The summed E-state index contributed by atoms with van der Waals surface area (Å²) in [6.45, 7) is 0.205. The van der Waals surface area contributed by atoms with E-state index in [4.69, 9.17) is 0 Å². The third-order valence-electron chi connectivity index (χ3n) is 7.29. The van der Waals surface area contributed by atoms with E-state index >= 15 is 0 Å². The number of carbonyl (C=O) groups is 2. The molecule has 2 atom stereocenters. The van der Waals surface area contributed by atoms with Gasteiger partial charge >= 0.3 is 0 Å². The summed E-state index contributed by atoms with van der Waals surface area (Å²) >= 11 is 0. The fourth-order valence-electron chi connectivity index (χ4n) is 5.18. The summed E-state index contributed by atoms with van der Waals surface area (Å²) in [5.74, 6) is -7.37. The van der Waals surface area contributed by atoms with Crippen molar-refractivity contribution in [2.24, 2.45) is 5.92 Å². The number of nitrogens with zero attached hydrogens (tertiary/aromatic N) is 3. The van der Waals surface area contributed by atoms with Gasteiger partial charge in [-0.1, -0.05) is 24.3 Å². The largest absolute Gasteiger partial charge is 0.350 e. The normalized spacial score (nSPS) is 25.4. The summed E-state index contributed by atoms with van der Waals surface area (Å²) in [5, 5.41) is 2.76. The predicted octanol–water partition coefficient (Wildman–Crippen LogP) is 2.70. The molecule has 3 fully saturated rings. The molecule has 206 valence electrons. The minimum Gasteiger partial charge on any atom is -0.350 e. The first-order valence-electron chi connectivity index (χ1n) is 12.5. The lowest BCUT2D eigenvalue weighted by Crippen LogP contribution is -2.53. The smallest absolute Gasteiger partial charge is 0.282 e. The number of rotatable bonds is 7. The Bertz CT molecular complexity index is 1110. The van der Waals surface area contributed by atoms with Gasteiger partial charge in [-0.2, -0.15) is 17.0 Å². The molecule has 0 spiro atoms. The number of likely N-dealkylation sites (tertiary alicyclic amines) is 1. The van der Waals surface area contributed by atoms with Gasteiger partial charge in [0.05, 0.1) is 12.5 Å². The minimum absolute atomic E-state index is 0.109. The molecular weight excluding hydrogens is 516 g/mol. The molecule has 2 amide bonds. The van der Waals surface area contributed by atoms with Crippen molar-refractivity contribution in [1.29, 1.82) is 0 Å². The van der Waals surface area contributed by atoms with Crippen molar-refractivity contribution in [1.82, 2.24) is 18.8 Å². The second-order valence-corrected chi connectivity index (χ2v) is 12.1. The Hall–Kier alpha value is -2.25. The maximum atomic E-state index is 13.6. The van der Waals surface area contributed by atoms with Gasteiger partial charge in [-0.15, -0.1) is 0 Å². The number of piperidine rings is 1. The van der Waals surface area contributed by atoms with Crippen LogP contribution in [0.3, 0.4) is 0 Å². The molecule has 1 aromatic rings. The first kappa shape index (κ1) is 27.8. The quantitative estimate of drug-likeness (QED) is 0.531. The van der Waals surface area contributed by atoms with Crippen LogP contribution >= 0.6 is 0 Å². The molecule has 1 aromatic carbocycles. The van der Waals surface area contributed by atoms with Gasteiger partial charge < -0.3 is 10.2 Å². The van der Waals surface area contributed by atoms with E-state index in [1.165, 1.54) is 29.2 Å². The first-order chi connectivity index (χ1) is 17.3. The third-order valence-corrected chi connectivity index (χ3v) is 9.24. The van der Waals surface area contributed by atoms with Gasteiger partial charge in [0.1, 0.15) is 6.04 Å². The Balaban J connectivity index is 1.35. The minimum atomic E-state index is -4.11. The summed E-state index contributed by atoms with van der Waals surface area (Å²) in [4.78, 5) is 27.7. The summed E-state index contributed by atoms with van der Waals surface area (Å²) < 4.78 is 81.7. The average molecular weight is 549 g/mol. The Labute approximate surface area is 214 Å². The number of hydrogen-bond donors (Lipinski definition) is 1. The lowest BCUT2D eigenvalue weighted by atomic mass is 9.97. The highest BCUT2D eigenvalue weighted by molar-refractivity contribution is 7.86. The van der Waals surface area contributed by atoms with Crippen LogP contribution in [0.1, 0.15) is 50.2 Å². The summed E-state index contributed by atoms with van der Waals surface area (Å²) in [7, 11) is -4.11. The maximum Gasteiger partial charge on any atom is 0.282 e. The Kier molecular flexibility index (Phi) is 7.87. The molecule has 3 aliphatic rings. The van der Waals surface area contributed by atoms with Crippen molar-refractivity contribution in [3.8, 4) is 0 Å². The standard InChI is InChI=1S/C24H32F4N4O4S/c1-23(25,26)19-8-6-17(7-9-19)14-29-21(33)20-5-3-12-32(20)22(34)18-4-2-11-30(15-18)37(35,36)31-13-10-24(27,28)16-31/h6-9,18,20H,2-5,10-16H2,1H3,(H,29,33)/t18-,20+/m0/s1. The number of carbonyl (C=O) groups excluding carboxylic acids is 2. The molecule has 0 aromatic heterocycles. The number of hydrogen-bond acceptors (Lipinski definition) is 4. The number of nitrogens with one attached hydrogen (secondary N) is 1. The zero-order valence-corrected chi connectivity index (χ0v) is 21.5. The molecule has 0 saturated carbocycles. The van der Waals surface area contributed by atoms with Crippen molar-refractivity contribution in [3.05, 3.63) is 35.4 Å². The Morgan fingerprint density at radius 1 is 1.05 bits per heavy atom. The number of amides is 2. The monoisotopic (exact) mass is 548 g/mol. The SMILES string of the molecule is CC(F)(F)c1ccc(CNC(=O)[C@H]2CCCN2C(=O)[C@H]2CCCN(S(=O)(=O)N3CCC(F)(F)C3)C2)cc1. The van der Waals surface area contributed by atoms with Crippen molar-refractivity contribution >= 4 is 22.0 Å². The van der Waals surface area contributed by atoms with E-state index in [-0.39, 0.29) is 43.6 Å². The van der Waals surface area contributed by atoms with Crippen molar-refractivity contribution < 1.29 is 35.6 Å². The summed E-state index contributed by atoms with van der Waals surface area (Å²) in [5.41, 5.74) is 0.509.